The number of nitrogens with one attached hydrogen (secondary N) is 1. The first-order valence-electron chi connectivity index (χ1n) is 6.36. The van der Waals surface area contributed by atoms with Crippen LogP contribution in [0.5, 0.6) is 0 Å². The van der Waals surface area contributed by atoms with Crippen LogP contribution in [0, 0.1) is 5.92 Å². The van der Waals surface area contributed by atoms with Gasteiger partial charge in [-0.3, -0.25) is 9.69 Å². The lowest BCUT2D eigenvalue weighted by molar-refractivity contribution is -0.116. The summed E-state index contributed by atoms with van der Waals surface area (Å²) in [6, 6.07) is 4.73. The highest BCUT2D eigenvalue weighted by atomic mass is 32.1. The molecule has 0 spiro atoms. The predicted octanol–water partition coefficient (Wildman–Crippen LogP) is 2.43. The highest BCUT2D eigenvalue weighted by Gasteiger charge is 2.31. The third-order valence-electron chi connectivity index (χ3n) is 3.57. The zero-order valence-corrected chi connectivity index (χ0v) is 11.6. The van der Waals surface area contributed by atoms with Gasteiger partial charge in [-0.25, -0.2) is 0 Å². The number of nitrogens with zero attached hydrogens (tertiary/aromatic N) is 1. The third kappa shape index (κ3) is 3.00. The minimum Gasteiger partial charge on any atom is -0.352 e. The molecule has 2 rings (SSSR count). The maximum Gasteiger partial charge on any atom is 0.243 e. The van der Waals surface area contributed by atoms with Crippen molar-refractivity contribution in [3.8, 4) is 0 Å². The average molecular weight is 264 g/mol. The molecule has 3 nitrogen and oxygen atoms in total. The van der Waals surface area contributed by atoms with Crippen LogP contribution in [0.2, 0.25) is 0 Å². The Morgan fingerprint density at radius 2 is 2.56 bits per heavy atom. The molecule has 0 unspecified atom stereocenters. The number of amides is 1. The topological polar surface area (TPSA) is 32.3 Å². The van der Waals surface area contributed by atoms with Crippen LogP contribution in [0.1, 0.15) is 23.8 Å². The van der Waals surface area contributed by atoms with Gasteiger partial charge in [0.1, 0.15) is 0 Å². The molecule has 0 bridgehead atoms. The van der Waals surface area contributed by atoms with Crippen molar-refractivity contribution in [1.29, 1.82) is 0 Å². The molecule has 0 saturated carbocycles. The fourth-order valence-electron chi connectivity index (χ4n) is 2.69. The molecule has 0 aromatic carbocycles. The number of likely N-dealkylation sites (tertiary alicyclic amines) is 1. The summed E-state index contributed by atoms with van der Waals surface area (Å²) in [5.74, 6) is 0.416. The van der Waals surface area contributed by atoms with E-state index < -0.39 is 0 Å². The molecule has 1 fully saturated rings. The number of rotatable bonds is 4. The van der Waals surface area contributed by atoms with Crippen LogP contribution < -0.4 is 5.32 Å². The van der Waals surface area contributed by atoms with Crippen molar-refractivity contribution in [1.82, 2.24) is 10.2 Å². The van der Waals surface area contributed by atoms with Crippen LogP contribution in [0.15, 0.2) is 30.2 Å². The molecule has 2 atom stereocenters. The third-order valence-corrected chi connectivity index (χ3v) is 4.51. The summed E-state index contributed by atoms with van der Waals surface area (Å²) in [4.78, 5) is 15.1. The van der Waals surface area contributed by atoms with E-state index in [0.717, 1.165) is 13.1 Å². The molecular weight excluding hydrogens is 244 g/mol. The van der Waals surface area contributed by atoms with Gasteiger partial charge in [-0.2, -0.15) is 0 Å². The Bertz CT molecular complexity index is 402. The minimum absolute atomic E-state index is 0.0758. The average Bonchev–Trinajstić information content (AvgIpc) is 2.89. The number of thiophene rings is 1. The van der Waals surface area contributed by atoms with Gasteiger partial charge in [-0.1, -0.05) is 12.6 Å². The molecule has 0 aliphatic carbocycles. The Morgan fingerprint density at radius 3 is 3.22 bits per heavy atom. The van der Waals surface area contributed by atoms with E-state index in [9.17, 15) is 4.79 Å². The smallest absolute Gasteiger partial charge is 0.243 e. The van der Waals surface area contributed by atoms with E-state index in [0.29, 0.717) is 12.0 Å². The molecule has 1 saturated heterocycles. The van der Waals surface area contributed by atoms with E-state index in [-0.39, 0.29) is 5.91 Å². The van der Waals surface area contributed by atoms with Gasteiger partial charge in [0, 0.05) is 17.5 Å². The second-order valence-corrected chi connectivity index (χ2v) is 5.77. The molecule has 1 aliphatic heterocycles. The lowest BCUT2D eigenvalue weighted by Crippen LogP contribution is -2.41. The van der Waals surface area contributed by atoms with Crippen LogP contribution in [-0.4, -0.2) is 30.9 Å². The van der Waals surface area contributed by atoms with Gasteiger partial charge in [0.25, 0.3) is 0 Å². The first-order chi connectivity index (χ1) is 8.72. The van der Waals surface area contributed by atoms with Crippen molar-refractivity contribution < 1.29 is 4.79 Å². The second-order valence-electron chi connectivity index (χ2n) is 4.79. The van der Waals surface area contributed by atoms with Crippen LogP contribution in [-0.2, 0) is 4.79 Å². The molecule has 1 N–H and O–H groups in total. The largest absolute Gasteiger partial charge is 0.352 e. The van der Waals surface area contributed by atoms with Crippen molar-refractivity contribution in [2.45, 2.75) is 18.9 Å². The first kappa shape index (κ1) is 13.3. The van der Waals surface area contributed by atoms with Crippen LogP contribution >= 0.6 is 11.3 Å². The van der Waals surface area contributed by atoms with Gasteiger partial charge < -0.3 is 5.32 Å². The maximum absolute atomic E-state index is 11.3. The minimum atomic E-state index is -0.0758. The fourth-order valence-corrected chi connectivity index (χ4v) is 3.67. The van der Waals surface area contributed by atoms with Crippen molar-refractivity contribution in [3.05, 3.63) is 35.0 Å². The van der Waals surface area contributed by atoms with Crippen LogP contribution in [0.3, 0.4) is 0 Å². The van der Waals surface area contributed by atoms with E-state index in [1.165, 1.54) is 23.8 Å². The van der Waals surface area contributed by atoms with Gasteiger partial charge in [-0.15, -0.1) is 11.3 Å². The SMILES string of the molecule is C=CC(=O)NC[C@H]1CCCN(C)[C@@H]1c1cccs1. The summed E-state index contributed by atoms with van der Waals surface area (Å²) < 4.78 is 0. The van der Waals surface area contributed by atoms with E-state index in [1.54, 1.807) is 11.3 Å². The van der Waals surface area contributed by atoms with Crippen molar-refractivity contribution in [3.63, 3.8) is 0 Å². The maximum atomic E-state index is 11.3. The number of piperidine rings is 1. The molecule has 2 heterocycles. The fraction of sp³-hybridized carbons (Fsp3) is 0.500. The summed E-state index contributed by atoms with van der Waals surface area (Å²) >= 11 is 1.80. The summed E-state index contributed by atoms with van der Waals surface area (Å²) in [7, 11) is 2.17. The Balaban J connectivity index is 2.06. The predicted molar refractivity (Wildman–Crippen MR) is 75.6 cm³/mol. The molecule has 0 radical (unpaired) electrons. The van der Waals surface area contributed by atoms with E-state index in [2.05, 4.69) is 41.4 Å². The van der Waals surface area contributed by atoms with Gasteiger partial charge in [0.05, 0.1) is 0 Å². The lowest BCUT2D eigenvalue weighted by Gasteiger charge is -2.38. The lowest BCUT2D eigenvalue weighted by atomic mass is 9.88. The summed E-state index contributed by atoms with van der Waals surface area (Å²) in [5, 5.41) is 5.06. The number of carbonyl (C=O) groups excluding carboxylic acids is 1. The highest BCUT2D eigenvalue weighted by Crippen LogP contribution is 2.36. The summed E-state index contributed by atoms with van der Waals surface area (Å²) in [5.41, 5.74) is 0. The summed E-state index contributed by atoms with van der Waals surface area (Å²) in [6.07, 6.45) is 3.71. The van der Waals surface area contributed by atoms with Gasteiger partial charge in [0.2, 0.25) is 5.91 Å². The Morgan fingerprint density at radius 1 is 1.72 bits per heavy atom. The van der Waals surface area contributed by atoms with Crippen LogP contribution in [0.25, 0.3) is 0 Å². The number of carbonyl (C=O) groups is 1. The number of hydrogen-bond donors (Lipinski definition) is 1. The molecular formula is C14H20N2OS. The highest BCUT2D eigenvalue weighted by molar-refractivity contribution is 7.10. The van der Waals surface area contributed by atoms with Gasteiger partial charge >= 0.3 is 0 Å². The molecule has 1 aromatic heterocycles. The molecule has 1 aliphatic rings. The first-order valence-corrected chi connectivity index (χ1v) is 7.24. The van der Waals surface area contributed by atoms with Crippen molar-refractivity contribution in [2.75, 3.05) is 20.1 Å². The summed E-state index contributed by atoms with van der Waals surface area (Å²) in [6.45, 7) is 5.36. The Labute approximate surface area is 112 Å². The van der Waals surface area contributed by atoms with E-state index >= 15 is 0 Å². The van der Waals surface area contributed by atoms with E-state index in [1.807, 2.05) is 0 Å². The van der Waals surface area contributed by atoms with Gasteiger partial charge in [0.15, 0.2) is 0 Å². The standard InChI is InChI=1S/C14H20N2OS/c1-3-13(17)15-10-11-6-4-8-16(2)14(11)12-7-5-9-18-12/h3,5,7,9,11,14H,1,4,6,8,10H2,2H3,(H,15,17)/t11-,14+/m1/s1. The zero-order chi connectivity index (χ0) is 13.0. The Hall–Kier alpha value is -1.13. The van der Waals surface area contributed by atoms with Crippen molar-refractivity contribution in [2.24, 2.45) is 5.92 Å². The molecule has 18 heavy (non-hydrogen) atoms. The monoisotopic (exact) mass is 264 g/mol. The number of hydrogen-bond acceptors (Lipinski definition) is 3. The Kier molecular flexibility index (Phi) is 4.55. The van der Waals surface area contributed by atoms with Crippen molar-refractivity contribution >= 4 is 17.2 Å². The normalized spacial score (nSPS) is 24.7. The van der Waals surface area contributed by atoms with E-state index in [4.69, 9.17) is 0 Å². The quantitative estimate of drug-likeness (QED) is 0.847. The van der Waals surface area contributed by atoms with Crippen LogP contribution in [0.4, 0.5) is 0 Å². The van der Waals surface area contributed by atoms with Gasteiger partial charge in [-0.05, 0) is 49.9 Å². The molecule has 1 amide bonds. The molecule has 4 heteroatoms. The zero-order valence-electron chi connectivity index (χ0n) is 10.8. The molecule has 1 aromatic rings. The molecule has 98 valence electrons. The second kappa shape index (κ2) is 6.16.